The van der Waals surface area contributed by atoms with Crippen molar-refractivity contribution >= 4 is 17.5 Å². The van der Waals surface area contributed by atoms with E-state index in [-0.39, 0.29) is 11.7 Å². The van der Waals surface area contributed by atoms with Gasteiger partial charge in [0, 0.05) is 30.2 Å². The van der Waals surface area contributed by atoms with E-state index in [4.69, 9.17) is 16.1 Å². The fourth-order valence-electron chi connectivity index (χ4n) is 2.34. The molecule has 1 saturated carbocycles. The summed E-state index contributed by atoms with van der Waals surface area (Å²) >= 11 is 5.95. The van der Waals surface area contributed by atoms with Crippen molar-refractivity contribution < 1.29 is 14.4 Å². The number of rotatable bonds is 5. The molecular weight excluding hydrogens is 304 g/mol. The molecule has 1 unspecified atom stereocenters. The molecule has 116 valence electrons. The van der Waals surface area contributed by atoms with Gasteiger partial charge in [-0.3, -0.25) is 4.79 Å². The van der Waals surface area contributed by atoms with E-state index in [9.17, 15) is 9.90 Å². The van der Waals surface area contributed by atoms with Crippen molar-refractivity contribution in [2.45, 2.75) is 18.9 Å². The number of carbonyl (C=O) groups is 1. The molecule has 1 heterocycles. The lowest BCUT2D eigenvalue weighted by atomic mass is 10.1. The third-order valence-corrected chi connectivity index (χ3v) is 4.05. The summed E-state index contributed by atoms with van der Waals surface area (Å²) in [6, 6.07) is 8.77. The van der Waals surface area contributed by atoms with Crippen molar-refractivity contribution in [3.63, 3.8) is 0 Å². The summed E-state index contributed by atoms with van der Waals surface area (Å²) in [5, 5.41) is 14.4. The largest absolute Gasteiger partial charge is 0.391 e. The van der Waals surface area contributed by atoms with Gasteiger partial charge in [-0.25, -0.2) is 0 Å². The highest BCUT2D eigenvalue weighted by Gasteiger charge is 2.31. The smallest absolute Gasteiger partial charge is 0.292 e. The number of nitrogens with zero attached hydrogens (tertiary/aromatic N) is 2. The molecule has 0 spiro atoms. The van der Waals surface area contributed by atoms with Gasteiger partial charge < -0.3 is 14.5 Å². The Bertz CT molecular complexity index is 682. The zero-order valence-electron chi connectivity index (χ0n) is 12.2. The molecule has 6 heteroatoms. The van der Waals surface area contributed by atoms with Crippen LogP contribution in [0.25, 0.3) is 11.3 Å². The highest BCUT2D eigenvalue weighted by atomic mass is 35.5. The lowest BCUT2D eigenvalue weighted by Gasteiger charge is -2.19. The Morgan fingerprint density at radius 3 is 2.95 bits per heavy atom. The Labute approximate surface area is 133 Å². The van der Waals surface area contributed by atoms with E-state index < -0.39 is 6.10 Å². The number of amides is 1. The van der Waals surface area contributed by atoms with Crippen molar-refractivity contribution in [1.82, 2.24) is 10.1 Å². The Balaban J connectivity index is 1.71. The first-order valence-corrected chi connectivity index (χ1v) is 7.58. The predicted molar refractivity (Wildman–Crippen MR) is 82.6 cm³/mol. The van der Waals surface area contributed by atoms with Gasteiger partial charge in [0.05, 0.1) is 6.10 Å². The molecule has 1 fully saturated rings. The molecule has 1 aromatic heterocycles. The first-order valence-electron chi connectivity index (χ1n) is 7.21. The highest BCUT2D eigenvalue weighted by Crippen LogP contribution is 2.33. The first kappa shape index (κ1) is 15.1. The van der Waals surface area contributed by atoms with Crippen molar-refractivity contribution in [3.8, 4) is 11.3 Å². The number of benzene rings is 1. The van der Waals surface area contributed by atoms with Gasteiger partial charge in [-0.05, 0) is 30.9 Å². The number of hydrogen-bond donors (Lipinski definition) is 1. The van der Waals surface area contributed by atoms with E-state index in [1.807, 2.05) is 12.1 Å². The molecular formula is C16H17ClN2O3. The lowest BCUT2D eigenvalue weighted by Crippen LogP contribution is -2.35. The molecule has 0 radical (unpaired) electrons. The van der Waals surface area contributed by atoms with Crippen molar-refractivity contribution in [3.05, 3.63) is 41.1 Å². The minimum atomic E-state index is -0.468. The van der Waals surface area contributed by atoms with Crippen LogP contribution in [0.1, 0.15) is 23.4 Å². The van der Waals surface area contributed by atoms with Crippen LogP contribution in [-0.4, -0.2) is 40.8 Å². The van der Waals surface area contributed by atoms with E-state index >= 15 is 0 Å². The van der Waals surface area contributed by atoms with Gasteiger partial charge in [0.2, 0.25) is 5.76 Å². The Hall–Kier alpha value is -1.85. The van der Waals surface area contributed by atoms with E-state index in [1.54, 1.807) is 25.2 Å². The number of aromatic nitrogens is 1. The number of carbonyl (C=O) groups excluding carboxylic acids is 1. The summed E-state index contributed by atoms with van der Waals surface area (Å²) in [6.45, 7) is 0.302. The summed E-state index contributed by atoms with van der Waals surface area (Å²) in [5.41, 5.74) is 1.35. The zero-order chi connectivity index (χ0) is 15.7. The van der Waals surface area contributed by atoms with E-state index in [2.05, 4.69) is 5.16 Å². The maximum atomic E-state index is 12.3. The summed E-state index contributed by atoms with van der Waals surface area (Å²) in [6.07, 6.45) is 1.60. The standard InChI is InChI=1S/C16H17ClN2O3/c1-19(9-14(20)10-5-6-10)16(21)15-8-13(18-22-15)11-3-2-4-12(17)7-11/h2-4,7-8,10,14,20H,5-6,9H2,1H3. The van der Waals surface area contributed by atoms with Gasteiger partial charge in [-0.15, -0.1) is 0 Å². The summed E-state index contributed by atoms with van der Waals surface area (Å²) in [5.74, 6) is 0.188. The van der Waals surface area contributed by atoms with Crippen LogP contribution >= 0.6 is 11.6 Å². The minimum Gasteiger partial charge on any atom is -0.391 e. The Morgan fingerprint density at radius 1 is 1.50 bits per heavy atom. The van der Waals surface area contributed by atoms with Crippen LogP contribution in [0.3, 0.4) is 0 Å². The summed E-state index contributed by atoms with van der Waals surface area (Å²) < 4.78 is 5.13. The fraction of sp³-hybridized carbons (Fsp3) is 0.375. The molecule has 1 atom stereocenters. The Kier molecular flexibility index (Phi) is 4.18. The number of aliphatic hydroxyl groups excluding tert-OH is 1. The average Bonchev–Trinajstić information content (AvgIpc) is 3.24. The normalized spacial score (nSPS) is 15.6. The molecule has 3 rings (SSSR count). The monoisotopic (exact) mass is 320 g/mol. The number of aliphatic hydroxyl groups is 1. The maximum Gasteiger partial charge on any atom is 0.292 e. The predicted octanol–water partition coefficient (Wildman–Crippen LogP) is 2.84. The first-order chi connectivity index (χ1) is 10.5. The van der Waals surface area contributed by atoms with Crippen LogP contribution in [0.15, 0.2) is 34.9 Å². The molecule has 1 aliphatic carbocycles. The molecule has 0 bridgehead atoms. The van der Waals surface area contributed by atoms with Crippen molar-refractivity contribution in [2.75, 3.05) is 13.6 Å². The molecule has 0 saturated heterocycles. The van der Waals surface area contributed by atoms with Crippen LogP contribution in [-0.2, 0) is 0 Å². The second kappa shape index (κ2) is 6.10. The lowest BCUT2D eigenvalue weighted by molar-refractivity contribution is 0.0609. The van der Waals surface area contributed by atoms with Crippen LogP contribution in [0, 0.1) is 5.92 Å². The SMILES string of the molecule is CN(CC(O)C1CC1)C(=O)c1cc(-c2cccc(Cl)c2)no1. The van der Waals surface area contributed by atoms with Gasteiger partial charge in [-0.1, -0.05) is 28.9 Å². The molecule has 22 heavy (non-hydrogen) atoms. The molecule has 2 aromatic rings. The van der Waals surface area contributed by atoms with Gasteiger partial charge in [-0.2, -0.15) is 0 Å². The zero-order valence-corrected chi connectivity index (χ0v) is 13.0. The summed E-state index contributed by atoms with van der Waals surface area (Å²) in [7, 11) is 1.65. The van der Waals surface area contributed by atoms with Gasteiger partial charge in [0.25, 0.3) is 5.91 Å². The van der Waals surface area contributed by atoms with Crippen LogP contribution < -0.4 is 0 Å². The van der Waals surface area contributed by atoms with Crippen molar-refractivity contribution in [1.29, 1.82) is 0 Å². The van der Waals surface area contributed by atoms with E-state index in [0.717, 1.165) is 18.4 Å². The number of hydrogen-bond acceptors (Lipinski definition) is 4. The number of halogens is 1. The number of likely N-dealkylation sites (N-methyl/N-ethyl adjacent to an activating group) is 1. The highest BCUT2D eigenvalue weighted by molar-refractivity contribution is 6.30. The van der Waals surface area contributed by atoms with Gasteiger partial charge in [0.1, 0.15) is 5.69 Å². The van der Waals surface area contributed by atoms with Gasteiger partial charge >= 0.3 is 0 Å². The second-order valence-electron chi connectivity index (χ2n) is 5.68. The van der Waals surface area contributed by atoms with E-state index in [0.29, 0.717) is 23.2 Å². The maximum absolute atomic E-state index is 12.3. The van der Waals surface area contributed by atoms with Gasteiger partial charge in [0.15, 0.2) is 0 Å². The summed E-state index contributed by atoms with van der Waals surface area (Å²) in [4.78, 5) is 13.8. The van der Waals surface area contributed by atoms with Crippen LogP contribution in [0.4, 0.5) is 0 Å². The third-order valence-electron chi connectivity index (χ3n) is 3.82. The van der Waals surface area contributed by atoms with Crippen LogP contribution in [0.5, 0.6) is 0 Å². The molecule has 5 nitrogen and oxygen atoms in total. The molecule has 0 aliphatic heterocycles. The molecule has 1 aromatic carbocycles. The Morgan fingerprint density at radius 2 is 2.27 bits per heavy atom. The minimum absolute atomic E-state index is 0.153. The molecule has 1 N–H and O–H groups in total. The second-order valence-corrected chi connectivity index (χ2v) is 6.11. The average molecular weight is 321 g/mol. The molecule has 1 amide bonds. The third kappa shape index (κ3) is 3.31. The quantitative estimate of drug-likeness (QED) is 0.920. The van der Waals surface area contributed by atoms with E-state index in [1.165, 1.54) is 4.90 Å². The van der Waals surface area contributed by atoms with Crippen molar-refractivity contribution in [2.24, 2.45) is 5.92 Å². The van der Waals surface area contributed by atoms with Crippen LogP contribution in [0.2, 0.25) is 5.02 Å². The topological polar surface area (TPSA) is 66.6 Å². The molecule has 1 aliphatic rings. The fourth-order valence-corrected chi connectivity index (χ4v) is 2.53.